The first kappa shape index (κ1) is 24.5. The lowest BCUT2D eigenvalue weighted by Gasteiger charge is -2.31. The van der Waals surface area contributed by atoms with Crippen molar-refractivity contribution in [3.05, 3.63) is 35.9 Å². The highest BCUT2D eigenvalue weighted by molar-refractivity contribution is 5.73. The molecule has 0 aromatic heterocycles. The Labute approximate surface area is 191 Å². The van der Waals surface area contributed by atoms with Crippen LogP contribution in [0.2, 0.25) is 0 Å². The Balaban J connectivity index is 1.45. The number of likely N-dealkylation sites (tertiary alicyclic amines) is 1. The van der Waals surface area contributed by atoms with Gasteiger partial charge in [0.25, 0.3) is 0 Å². The summed E-state index contributed by atoms with van der Waals surface area (Å²) in [5.41, 5.74) is 0.501. The summed E-state index contributed by atoms with van der Waals surface area (Å²) >= 11 is 0. The molecule has 1 aliphatic carbocycles. The quantitative estimate of drug-likeness (QED) is 0.579. The van der Waals surface area contributed by atoms with Crippen LogP contribution in [0.5, 0.6) is 0 Å². The van der Waals surface area contributed by atoms with Gasteiger partial charge in [0.15, 0.2) is 0 Å². The summed E-state index contributed by atoms with van der Waals surface area (Å²) in [5, 5.41) is 0. The molecule has 7 heteroatoms. The molecule has 0 bridgehead atoms. The maximum Gasteiger partial charge on any atom is 0.410 e. The van der Waals surface area contributed by atoms with Crippen LogP contribution in [0.15, 0.2) is 30.3 Å². The molecule has 1 heterocycles. The van der Waals surface area contributed by atoms with Crippen LogP contribution in [0.3, 0.4) is 0 Å². The van der Waals surface area contributed by atoms with Gasteiger partial charge < -0.3 is 23.8 Å². The fraction of sp³-hybridized carbons (Fsp3) is 0.680. The lowest BCUT2D eigenvalue weighted by Crippen LogP contribution is -2.40. The van der Waals surface area contributed by atoms with Crippen LogP contribution in [-0.4, -0.2) is 61.1 Å². The van der Waals surface area contributed by atoms with Gasteiger partial charge in [-0.05, 0) is 58.4 Å². The zero-order valence-corrected chi connectivity index (χ0v) is 19.7. The minimum Gasteiger partial charge on any atom is -0.460 e. The predicted octanol–water partition coefficient (Wildman–Crippen LogP) is 4.33. The van der Waals surface area contributed by atoms with Gasteiger partial charge in [-0.25, -0.2) is 4.79 Å². The number of nitrogens with zero attached hydrogens (tertiary/aromatic N) is 1. The number of ether oxygens (including phenoxy) is 4. The van der Waals surface area contributed by atoms with E-state index < -0.39 is 5.60 Å². The van der Waals surface area contributed by atoms with Crippen LogP contribution in [-0.2, 0) is 30.3 Å². The summed E-state index contributed by atoms with van der Waals surface area (Å²) in [6.45, 7) is 6.88. The Bertz CT molecular complexity index is 739. The molecule has 2 atom stereocenters. The molecular weight excluding hydrogens is 410 g/mol. The molecule has 1 saturated heterocycles. The van der Waals surface area contributed by atoms with E-state index >= 15 is 0 Å². The maximum absolute atomic E-state index is 12.7. The Morgan fingerprint density at radius 1 is 1.03 bits per heavy atom. The van der Waals surface area contributed by atoms with Crippen molar-refractivity contribution in [2.75, 3.05) is 20.3 Å². The van der Waals surface area contributed by atoms with E-state index in [1.807, 2.05) is 51.1 Å². The van der Waals surface area contributed by atoms with Gasteiger partial charge in [-0.15, -0.1) is 0 Å². The van der Waals surface area contributed by atoms with Crippen molar-refractivity contribution >= 4 is 12.1 Å². The van der Waals surface area contributed by atoms with Crippen LogP contribution in [0, 0.1) is 5.92 Å². The SMILES string of the molecule is CO[C@H]1C[C@@H](COC2CCC(C(=O)OC(C)(C)C)CC2)N(C(=O)OCc2ccccc2)C1. The molecular formula is C25H37NO6. The molecule has 1 aromatic rings. The number of esters is 1. The monoisotopic (exact) mass is 447 g/mol. The third-order valence-electron chi connectivity index (χ3n) is 6.09. The fourth-order valence-electron chi connectivity index (χ4n) is 4.33. The second-order valence-corrected chi connectivity index (χ2v) is 9.78. The minimum absolute atomic E-state index is 0.0178. The van der Waals surface area contributed by atoms with Gasteiger partial charge in [-0.2, -0.15) is 0 Å². The largest absolute Gasteiger partial charge is 0.460 e. The van der Waals surface area contributed by atoms with E-state index in [-0.39, 0.29) is 42.8 Å². The second-order valence-electron chi connectivity index (χ2n) is 9.78. The minimum atomic E-state index is -0.455. The first-order valence-corrected chi connectivity index (χ1v) is 11.6. The number of amides is 1. The van der Waals surface area contributed by atoms with Gasteiger partial charge in [0.2, 0.25) is 0 Å². The smallest absolute Gasteiger partial charge is 0.410 e. The van der Waals surface area contributed by atoms with Crippen molar-refractivity contribution < 1.29 is 28.5 Å². The van der Waals surface area contributed by atoms with Gasteiger partial charge in [-0.3, -0.25) is 4.79 Å². The molecule has 0 radical (unpaired) electrons. The van der Waals surface area contributed by atoms with E-state index in [2.05, 4.69) is 0 Å². The number of carbonyl (C=O) groups excluding carboxylic acids is 2. The lowest BCUT2D eigenvalue weighted by atomic mass is 9.87. The van der Waals surface area contributed by atoms with E-state index in [0.29, 0.717) is 13.2 Å². The van der Waals surface area contributed by atoms with Crippen molar-refractivity contribution in [1.29, 1.82) is 0 Å². The third kappa shape index (κ3) is 7.20. The molecule has 3 rings (SSSR count). The summed E-state index contributed by atoms with van der Waals surface area (Å²) in [7, 11) is 1.67. The Hall–Kier alpha value is -2.12. The van der Waals surface area contributed by atoms with Crippen LogP contribution in [0.4, 0.5) is 4.79 Å². The zero-order valence-electron chi connectivity index (χ0n) is 19.7. The summed E-state index contributed by atoms with van der Waals surface area (Å²) in [4.78, 5) is 26.7. The second kappa shape index (κ2) is 11.1. The zero-order chi connectivity index (χ0) is 23.1. The average Bonchev–Trinajstić information content (AvgIpc) is 3.19. The van der Waals surface area contributed by atoms with Crippen LogP contribution >= 0.6 is 0 Å². The van der Waals surface area contributed by atoms with Gasteiger partial charge in [0.1, 0.15) is 12.2 Å². The number of methoxy groups -OCH3 is 1. The molecule has 1 aromatic carbocycles. The van der Waals surface area contributed by atoms with Gasteiger partial charge in [0.05, 0.1) is 37.3 Å². The standard InChI is InChI=1S/C25H37NO6/c1-25(2,3)32-23(27)19-10-12-21(13-11-19)30-17-20-14-22(29-4)15-26(20)24(28)31-16-18-8-6-5-7-9-18/h5-9,19-22H,10-17H2,1-4H3/t19?,20-,21?,22-/m0/s1. The molecule has 32 heavy (non-hydrogen) atoms. The molecule has 2 fully saturated rings. The molecule has 7 nitrogen and oxygen atoms in total. The topological polar surface area (TPSA) is 74.3 Å². The molecule has 0 spiro atoms. The molecule has 2 aliphatic rings. The van der Waals surface area contributed by atoms with E-state index in [1.54, 1.807) is 12.0 Å². The van der Waals surface area contributed by atoms with Crippen molar-refractivity contribution in [3.63, 3.8) is 0 Å². The summed E-state index contributed by atoms with van der Waals surface area (Å²) in [6, 6.07) is 9.57. The Morgan fingerprint density at radius 3 is 2.34 bits per heavy atom. The maximum atomic E-state index is 12.7. The number of hydrogen-bond donors (Lipinski definition) is 0. The van der Waals surface area contributed by atoms with E-state index in [9.17, 15) is 9.59 Å². The number of benzene rings is 1. The first-order valence-electron chi connectivity index (χ1n) is 11.6. The van der Waals surface area contributed by atoms with Crippen molar-refractivity contribution in [3.8, 4) is 0 Å². The van der Waals surface area contributed by atoms with Crippen molar-refractivity contribution in [2.24, 2.45) is 5.92 Å². The molecule has 1 saturated carbocycles. The fourth-order valence-corrected chi connectivity index (χ4v) is 4.33. The van der Waals surface area contributed by atoms with Crippen LogP contribution in [0.1, 0.15) is 58.4 Å². The molecule has 178 valence electrons. The van der Waals surface area contributed by atoms with Crippen molar-refractivity contribution in [1.82, 2.24) is 4.90 Å². The first-order chi connectivity index (χ1) is 15.2. The number of hydrogen-bond acceptors (Lipinski definition) is 6. The lowest BCUT2D eigenvalue weighted by molar-refractivity contribution is -0.162. The van der Waals surface area contributed by atoms with E-state index in [0.717, 1.165) is 37.7 Å². The average molecular weight is 448 g/mol. The predicted molar refractivity (Wildman–Crippen MR) is 120 cm³/mol. The van der Waals surface area contributed by atoms with Gasteiger partial charge >= 0.3 is 12.1 Å². The highest BCUT2D eigenvalue weighted by Gasteiger charge is 2.37. The highest BCUT2D eigenvalue weighted by atomic mass is 16.6. The van der Waals surface area contributed by atoms with Crippen LogP contribution in [0.25, 0.3) is 0 Å². The Kier molecular flexibility index (Phi) is 8.54. The van der Waals surface area contributed by atoms with E-state index in [4.69, 9.17) is 18.9 Å². The van der Waals surface area contributed by atoms with Gasteiger partial charge in [0, 0.05) is 7.11 Å². The summed E-state index contributed by atoms with van der Waals surface area (Å²) in [6.07, 6.45) is 3.65. The summed E-state index contributed by atoms with van der Waals surface area (Å²) < 4.78 is 22.7. The van der Waals surface area contributed by atoms with Crippen molar-refractivity contribution in [2.45, 2.75) is 83.3 Å². The van der Waals surface area contributed by atoms with Gasteiger partial charge in [-0.1, -0.05) is 30.3 Å². The third-order valence-corrected chi connectivity index (χ3v) is 6.09. The molecule has 0 N–H and O–H groups in total. The molecule has 1 amide bonds. The normalized spacial score (nSPS) is 26.1. The highest BCUT2D eigenvalue weighted by Crippen LogP contribution is 2.30. The summed E-state index contributed by atoms with van der Waals surface area (Å²) in [5.74, 6) is -0.162. The van der Waals surface area contributed by atoms with E-state index in [1.165, 1.54) is 0 Å². The molecule has 0 unspecified atom stereocenters. The molecule has 1 aliphatic heterocycles. The Morgan fingerprint density at radius 2 is 1.72 bits per heavy atom. The number of carbonyl (C=O) groups is 2. The van der Waals surface area contributed by atoms with Crippen LogP contribution < -0.4 is 0 Å². The number of rotatable bonds is 7.